The van der Waals surface area contributed by atoms with Crippen LogP contribution < -0.4 is 4.68 Å². The first-order valence-electron chi connectivity index (χ1n) is 7.34. The Hall–Kier alpha value is -1.75. The van der Waals surface area contributed by atoms with Crippen LogP contribution in [0.5, 0.6) is 0 Å². The van der Waals surface area contributed by atoms with Crippen LogP contribution in [-0.4, -0.2) is 18.3 Å². The zero-order valence-corrected chi connectivity index (χ0v) is 11.3. The van der Waals surface area contributed by atoms with E-state index in [9.17, 15) is 4.91 Å². The molecule has 1 aromatic carbocycles. The number of benzene rings is 1. The fraction of sp³-hybridized carbons (Fsp3) is 0.533. The van der Waals surface area contributed by atoms with Crippen molar-refractivity contribution >= 4 is 16.6 Å². The Kier molecular flexibility index (Phi) is 2.80. The number of nitrogens with zero attached hydrogens (tertiary/aromatic N) is 2. The average molecular weight is 272 g/mol. The normalized spacial score (nSPS) is 20.4. The van der Waals surface area contributed by atoms with Crippen molar-refractivity contribution in [1.29, 1.82) is 0 Å². The van der Waals surface area contributed by atoms with Gasteiger partial charge in [-0.2, -0.15) is 5.10 Å². The molecule has 0 spiro atoms. The van der Waals surface area contributed by atoms with Crippen molar-refractivity contribution in [3.63, 3.8) is 0 Å². The molecular formula is C15H18N3O2+. The predicted octanol–water partition coefficient (Wildman–Crippen LogP) is 3.08. The topological polar surface area (TPSA) is 58.3 Å². The van der Waals surface area contributed by atoms with Gasteiger partial charge >= 0.3 is 0 Å². The molecule has 5 heteroatoms. The fourth-order valence-electron chi connectivity index (χ4n) is 3.19. The van der Waals surface area contributed by atoms with Crippen LogP contribution in [0.4, 0.5) is 5.69 Å². The Morgan fingerprint density at radius 1 is 1.20 bits per heavy atom. The Bertz CT molecular complexity index is 654. The highest BCUT2D eigenvalue weighted by molar-refractivity contribution is 5.81. The predicted molar refractivity (Wildman–Crippen MR) is 75.0 cm³/mol. The van der Waals surface area contributed by atoms with E-state index in [4.69, 9.17) is 4.74 Å². The first-order chi connectivity index (χ1) is 9.86. The molecule has 1 N–H and O–H groups in total. The maximum absolute atomic E-state index is 11.0. The minimum absolute atomic E-state index is 0.461. The molecule has 20 heavy (non-hydrogen) atoms. The van der Waals surface area contributed by atoms with Gasteiger partial charge in [0.2, 0.25) is 5.52 Å². The Labute approximate surface area is 116 Å². The summed E-state index contributed by atoms with van der Waals surface area (Å²) in [6.07, 6.45) is 6.39. The van der Waals surface area contributed by atoms with Gasteiger partial charge in [0, 0.05) is 18.9 Å². The summed E-state index contributed by atoms with van der Waals surface area (Å²) in [5.74, 6) is 0.533. The number of hydrogen-bond donors (Lipinski definition) is 1. The van der Waals surface area contributed by atoms with E-state index in [2.05, 4.69) is 21.0 Å². The molecule has 4 rings (SSSR count). The van der Waals surface area contributed by atoms with Gasteiger partial charge in [-0.05, 0) is 35.6 Å². The number of aromatic nitrogens is 2. The highest BCUT2D eigenvalue weighted by atomic mass is 16.5. The van der Waals surface area contributed by atoms with Gasteiger partial charge in [0.15, 0.2) is 6.04 Å². The lowest BCUT2D eigenvalue weighted by Gasteiger charge is -2.16. The second kappa shape index (κ2) is 4.66. The van der Waals surface area contributed by atoms with Gasteiger partial charge < -0.3 is 4.74 Å². The van der Waals surface area contributed by atoms with E-state index in [-0.39, 0.29) is 0 Å². The number of nitroso groups, excluding NO2 is 1. The summed E-state index contributed by atoms with van der Waals surface area (Å²) in [5.41, 5.74) is 2.91. The van der Waals surface area contributed by atoms with Crippen LogP contribution in [0, 0.1) is 4.91 Å². The largest absolute Gasteiger partial charge is 0.381 e. The van der Waals surface area contributed by atoms with Crippen LogP contribution >= 0.6 is 0 Å². The summed E-state index contributed by atoms with van der Waals surface area (Å²) in [6, 6.07) is 4.54. The molecule has 2 heterocycles. The van der Waals surface area contributed by atoms with Gasteiger partial charge in [-0.15, -0.1) is 9.59 Å². The average Bonchev–Trinajstić information content (AvgIpc) is 3.27. The van der Waals surface area contributed by atoms with Gasteiger partial charge in [-0.3, -0.25) is 0 Å². The molecule has 0 unspecified atom stereocenters. The highest BCUT2D eigenvalue weighted by Gasteiger charge is 2.31. The lowest BCUT2D eigenvalue weighted by atomic mass is 10.0. The minimum Gasteiger partial charge on any atom is -0.381 e. The van der Waals surface area contributed by atoms with Crippen LogP contribution in [0.15, 0.2) is 23.5 Å². The number of nitrogens with one attached hydrogen (secondary N) is 1. The SMILES string of the molecule is O=Nc1cc2c[nH][n+](C3CCOCC3)c2cc1C1CC1. The lowest BCUT2D eigenvalue weighted by Crippen LogP contribution is -2.44. The standard InChI is InChI=1S/C15H17N3O2/c19-17-14-7-11-9-16-18(12-3-5-20-6-4-12)15(11)8-13(14)10-1-2-10/h7-10,12H,1-6H2/p+1. The van der Waals surface area contributed by atoms with E-state index in [0.717, 1.165) is 37.0 Å². The van der Waals surface area contributed by atoms with E-state index >= 15 is 0 Å². The quantitative estimate of drug-likeness (QED) is 0.689. The van der Waals surface area contributed by atoms with Gasteiger partial charge in [0.25, 0.3) is 0 Å². The molecule has 1 aliphatic heterocycles. The number of H-pyrrole nitrogens is 1. The van der Waals surface area contributed by atoms with Crippen molar-refractivity contribution in [2.75, 3.05) is 13.2 Å². The monoisotopic (exact) mass is 272 g/mol. The third-order valence-electron chi connectivity index (χ3n) is 4.47. The van der Waals surface area contributed by atoms with Crippen LogP contribution in [-0.2, 0) is 4.74 Å². The van der Waals surface area contributed by atoms with Crippen molar-refractivity contribution in [1.82, 2.24) is 5.10 Å². The smallest absolute Gasteiger partial charge is 0.239 e. The second-order valence-electron chi connectivity index (χ2n) is 5.82. The third kappa shape index (κ3) is 1.93. The summed E-state index contributed by atoms with van der Waals surface area (Å²) in [7, 11) is 0. The van der Waals surface area contributed by atoms with E-state index < -0.39 is 0 Å². The van der Waals surface area contributed by atoms with Crippen LogP contribution in [0.1, 0.15) is 43.2 Å². The third-order valence-corrected chi connectivity index (χ3v) is 4.47. The van der Waals surface area contributed by atoms with Crippen LogP contribution in [0.3, 0.4) is 0 Å². The fourth-order valence-corrected chi connectivity index (χ4v) is 3.19. The Balaban J connectivity index is 1.82. The first-order valence-corrected chi connectivity index (χ1v) is 7.34. The van der Waals surface area contributed by atoms with Gasteiger partial charge in [-0.25, -0.2) is 0 Å². The molecule has 1 aliphatic carbocycles. The summed E-state index contributed by atoms with van der Waals surface area (Å²) in [4.78, 5) is 11.0. The van der Waals surface area contributed by atoms with E-state index in [1.807, 2.05) is 12.3 Å². The van der Waals surface area contributed by atoms with E-state index in [1.165, 1.54) is 18.4 Å². The number of aromatic amines is 1. The number of ether oxygens (including phenoxy) is 1. The van der Waals surface area contributed by atoms with Crippen molar-refractivity contribution in [2.45, 2.75) is 37.6 Å². The molecule has 5 nitrogen and oxygen atoms in total. The summed E-state index contributed by atoms with van der Waals surface area (Å²) in [6.45, 7) is 1.64. The summed E-state index contributed by atoms with van der Waals surface area (Å²) in [5, 5.41) is 7.61. The van der Waals surface area contributed by atoms with Crippen molar-refractivity contribution in [3.8, 4) is 0 Å². The number of hydrogen-bond acceptors (Lipinski definition) is 3. The molecule has 0 amide bonds. The van der Waals surface area contributed by atoms with E-state index in [1.54, 1.807) is 0 Å². The molecule has 1 saturated carbocycles. The first kappa shape index (κ1) is 12.0. The molecule has 0 bridgehead atoms. The molecule has 0 atom stereocenters. The maximum atomic E-state index is 11.0. The Morgan fingerprint density at radius 2 is 2.00 bits per heavy atom. The van der Waals surface area contributed by atoms with Gasteiger partial charge in [0.05, 0.1) is 24.8 Å². The molecule has 2 fully saturated rings. The lowest BCUT2D eigenvalue weighted by molar-refractivity contribution is -0.754. The number of fused-ring (bicyclic) bond motifs is 1. The number of rotatable bonds is 3. The van der Waals surface area contributed by atoms with Crippen molar-refractivity contribution in [2.24, 2.45) is 5.18 Å². The minimum atomic E-state index is 0.461. The van der Waals surface area contributed by atoms with Crippen LogP contribution in [0.25, 0.3) is 10.9 Å². The molecule has 1 saturated heterocycles. The maximum Gasteiger partial charge on any atom is 0.239 e. The molecule has 2 aromatic rings. The molecule has 2 aliphatic rings. The second-order valence-corrected chi connectivity index (χ2v) is 5.82. The summed E-state index contributed by atoms with van der Waals surface area (Å²) < 4.78 is 7.67. The van der Waals surface area contributed by atoms with Gasteiger partial charge in [0.1, 0.15) is 5.69 Å². The van der Waals surface area contributed by atoms with Gasteiger partial charge in [-0.1, -0.05) is 0 Å². The molecule has 104 valence electrons. The zero-order valence-electron chi connectivity index (χ0n) is 11.3. The highest BCUT2D eigenvalue weighted by Crippen LogP contribution is 2.45. The zero-order chi connectivity index (χ0) is 13.5. The summed E-state index contributed by atoms with van der Waals surface area (Å²) >= 11 is 0. The molecule has 1 aromatic heterocycles. The Morgan fingerprint density at radius 3 is 2.70 bits per heavy atom. The van der Waals surface area contributed by atoms with Crippen molar-refractivity contribution in [3.05, 3.63) is 28.8 Å². The van der Waals surface area contributed by atoms with E-state index in [0.29, 0.717) is 17.6 Å². The molecular weight excluding hydrogens is 254 g/mol. The van der Waals surface area contributed by atoms with Crippen LogP contribution in [0.2, 0.25) is 0 Å². The van der Waals surface area contributed by atoms with Crippen molar-refractivity contribution < 1.29 is 9.42 Å². The molecule has 0 radical (unpaired) electrons.